The average molecular weight is 213 g/mol. The summed E-state index contributed by atoms with van der Waals surface area (Å²) in [7, 11) is 1.63. The number of hydrogen-bond acceptors (Lipinski definition) is 6. The molecule has 1 heterocycles. The Balaban J connectivity index is 2.77. The molecule has 0 radical (unpaired) electrons. The van der Waals surface area contributed by atoms with E-state index in [1.54, 1.807) is 7.05 Å². The lowest BCUT2D eigenvalue weighted by atomic mass is 10.5. The van der Waals surface area contributed by atoms with E-state index in [2.05, 4.69) is 25.3 Å². The summed E-state index contributed by atoms with van der Waals surface area (Å²) in [5, 5.41) is 2.93. The van der Waals surface area contributed by atoms with Crippen molar-refractivity contribution in [1.29, 1.82) is 0 Å². The number of allylic oxidation sites excluding steroid dienone is 1. The summed E-state index contributed by atoms with van der Waals surface area (Å²) in [5.74, 6) is 0.321. The van der Waals surface area contributed by atoms with Crippen LogP contribution in [0.15, 0.2) is 23.2 Å². The van der Waals surface area contributed by atoms with Gasteiger partial charge in [0.2, 0.25) is 11.2 Å². The van der Waals surface area contributed by atoms with Gasteiger partial charge < -0.3 is 11.1 Å². The third kappa shape index (κ3) is 2.98. The Morgan fingerprint density at radius 3 is 3.00 bits per heavy atom. The monoisotopic (exact) mass is 212 g/mol. The second-order valence-electron chi connectivity index (χ2n) is 2.21. The highest BCUT2D eigenvalue weighted by atomic mass is 35.5. The first-order valence-corrected chi connectivity index (χ1v) is 4.09. The normalized spacial score (nSPS) is 12.0. The maximum absolute atomic E-state index is 5.56. The van der Waals surface area contributed by atoms with E-state index in [0.717, 1.165) is 0 Å². The van der Waals surface area contributed by atoms with Crippen molar-refractivity contribution < 1.29 is 0 Å². The Bertz CT molecular complexity index is 361. The summed E-state index contributed by atoms with van der Waals surface area (Å²) >= 11 is 5.56. The van der Waals surface area contributed by atoms with Crippen molar-refractivity contribution in [3.05, 3.63) is 23.5 Å². The van der Waals surface area contributed by atoms with Gasteiger partial charge >= 0.3 is 0 Å². The summed E-state index contributed by atoms with van der Waals surface area (Å²) < 4.78 is 0. The van der Waals surface area contributed by atoms with E-state index >= 15 is 0 Å². The first kappa shape index (κ1) is 10.4. The van der Waals surface area contributed by atoms with Gasteiger partial charge in [-0.1, -0.05) is 0 Å². The van der Waals surface area contributed by atoms with Gasteiger partial charge in [0.05, 0.1) is 5.70 Å². The Morgan fingerprint density at radius 2 is 2.43 bits per heavy atom. The molecule has 1 aromatic heterocycles. The van der Waals surface area contributed by atoms with Crippen molar-refractivity contribution >= 4 is 23.8 Å². The van der Waals surface area contributed by atoms with Crippen molar-refractivity contribution in [2.24, 2.45) is 10.7 Å². The molecule has 0 unspecified atom stereocenters. The van der Waals surface area contributed by atoms with Gasteiger partial charge in [0, 0.05) is 19.5 Å². The molecule has 0 saturated carbocycles. The molecule has 0 aliphatic carbocycles. The summed E-state index contributed by atoms with van der Waals surface area (Å²) in [6.07, 6.45) is 4.19. The summed E-state index contributed by atoms with van der Waals surface area (Å²) in [6, 6.07) is 0. The standard InChI is InChI=1S/C7H9ClN6/c1-10-3-5(2-9)13-7-12-4-11-6(8)14-7/h2-4H,9H2,1H3,(H,11,12,13,14). The van der Waals surface area contributed by atoms with Crippen LogP contribution < -0.4 is 11.1 Å². The third-order valence-corrected chi connectivity index (χ3v) is 1.43. The molecule has 0 saturated heterocycles. The van der Waals surface area contributed by atoms with Crippen LogP contribution in [-0.2, 0) is 0 Å². The fourth-order valence-electron chi connectivity index (χ4n) is 0.722. The van der Waals surface area contributed by atoms with Crippen LogP contribution in [0, 0.1) is 0 Å². The quantitative estimate of drug-likeness (QED) is 0.710. The zero-order valence-corrected chi connectivity index (χ0v) is 8.23. The Labute approximate surface area is 85.9 Å². The second-order valence-corrected chi connectivity index (χ2v) is 2.55. The lowest BCUT2D eigenvalue weighted by Gasteiger charge is -2.02. The van der Waals surface area contributed by atoms with Crippen molar-refractivity contribution in [2.75, 3.05) is 12.4 Å². The van der Waals surface area contributed by atoms with Gasteiger partial charge in [0.25, 0.3) is 0 Å². The zero-order valence-electron chi connectivity index (χ0n) is 7.48. The molecule has 1 rings (SSSR count). The maximum atomic E-state index is 5.56. The first-order chi connectivity index (χ1) is 6.76. The minimum atomic E-state index is 0.118. The largest absolute Gasteiger partial charge is 0.403 e. The van der Waals surface area contributed by atoms with Gasteiger partial charge in [0.15, 0.2) is 0 Å². The summed E-state index contributed by atoms with van der Waals surface area (Å²) in [5.41, 5.74) is 5.90. The molecule has 0 aromatic carbocycles. The molecular formula is C7H9ClN6. The highest BCUT2D eigenvalue weighted by Crippen LogP contribution is 2.03. The van der Waals surface area contributed by atoms with Crippen LogP contribution in [0.1, 0.15) is 0 Å². The van der Waals surface area contributed by atoms with E-state index in [1.807, 2.05) is 0 Å². The van der Waals surface area contributed by atoms with Gasteiger partial charge in [-0.15, -0.1) is 0 Å². The van der Waals surface area contributed by atoms with Crippen LogP contribution >= 0.6 is 11.6 Å². The number of halogens is 1. The highest BCUT2D eigenvalue weighted by Gasteiger charge is 1.98. The van der Waals surface area contributed by atoms with E-state index in [0.29, 0.717) is 11.6 Å². The lowest BCUT2D eigenvalue weighted by molar-refractivity contribution is 1.05. The number of nitrogens with zero attached hydrogens (tertiary/aromatic N) is 4. The first-order valence-electron chi connectivity index (χ1n) is 3.72. The van der Waals surface area contributed by atoms with Gasteiger partial charge in [-0.2, -0.15) is 4.98 Å². The molecule has 0 amide bonds. The molecule has 0 fully saturated rings. The average Bonchev–Trinajstić information content (AvgIpc) is 2.17. The Kier molecular flexibility index (Phi) is 3.81. The Morgan fingerprint density at radius 1 is 1.64 bits per heavy atom. The predicted octanol–water partition coefficient (Wildman–Crippen LogP) is 0.438. The number of aliphatic imine (C=N–C) groups is 1. The van der Waals surface area contributed by atoms with E-state index in [4.69, 9.17) is 17.3 Å². The molecule has 0 atom stereocenters. The zero-order chi connectivity index (χ0) is 10.4. The molecular weight excluding hydrogens is 204 g/mol. The van der Waals surface area contributed by atoms with Crippen LogP contribution in [0.5, 0.6) is 0 Å². The molecule has 6 nitrogen and oxygen atoms in total. The van der Waals surface area contributed by atoms with Gasteiger partial charge in [-0.05, 0) is 11.6 Å². The van der Waals surface area contributed by atoms with Crippen LogP contribution in [0.3, 0.4) is 0 Å². The molecule has 0 aliphatic rings. The Hall–Kier alpha value is -1.69. The second kappa shape index (κ2) is 5.13. The van der Waals surface area contributed by atoms with Crippen molar-refractivity contribution in [1.82, 2.24) is 15.0 Å². The molecule has 0 bridgehead atoms. The van der Waals surface area contributed by atoms with E-state index in [-0.39, 0.29) is 5.28 Å². The number of aromatic nitrogens is 3. The van der Waals surface area contributed by atoms with Gasteiger partial charge in [-0.25, -0.2) is 9.97 Å². The third-order valence-electron chi connectivity index (χ3n) is 1.25. The van der Waals surface area contributed by atoms with Gasteiger partial charge in [0.1, 0.15) is 6.33 Å². The van der Waals surface area contributed by atoms with Crippen LogP contribution in [-0.4, -0.2) is 28.2 Å². The molecule has 7 heteroatoms. The van der Waals surface area contributed by atoms with Crippen molar-refractivity contribution in [3.8, 4) is 0 Å². The van der Waals surface area contributed by atoms with Crippen molar-refractivity contribution in [2.45, 2.75) is 0 Å². The van der Waals surface area contributed by atoms with Crippen LogP contribution in [0.4, 0.5) is 5.95 Å². The molecule has 14 heavy (non-hydrogen) atoms. The minimum Gasteiger partial charge on any atom is -0.403 e. The highest BCUT2D eigenvalue weighted by molar-refractivity contribution is 6.28. The maximum Gasteiger partial charge on any atom is 0.231 e. The van der Waals surface area contributed by atoms with E-state index in [9.17, 15) is 0 Å². The van der Waals surface area contributed by atoms with E-state index in [1.165, 1.54) is 18.7 Å². The topological polar surface area (TPSA) is 89.1 Å². The lowest BCUT2D eigenvalue weighted by Crippen LogP contribution is -2.07. The van der Waals surface area contributed by atoms with Crippen LogP contribution in [0.2, 0.25) is 5.28 Å². The molecule has 3 N–H and O–H groups in total. The van der Waals surface area contributed by atoms with Crippen LogP contribution in [0.25, 0.3) is 0 Å². The summed E-state index contributed by atoms with van der Waals surface area (Å²) in [6.45, 7) is 0. The fraction of sp³-hybridized carbons (Fsp3) is 0.143. The minimum absolute atomic E-state index is 0.118. The number of nitrogens with two attached hydrogens (primary N) is 1. The smallest absolute Gasteiger partial charge is 0.231 e. The van der Waals surface area contributed by atoms with E-state index < -0.39 is 0 Å². The number of hydrogen-bond donors (Lipinski definition) is 2. The molecule has 74 valence electrons. The van der Waals surface area contributed by atoms with Gasteiger partial charge in [-0.3, -0.25) is 4.99 Å². The molecule has 1 aromatic rings. The fourth-order valence-corrected chi connectivity index (χ4v) is 0.845. The molecule has 0 aliphatic heterocycles. The number of anilines is 1. The number of rotatable bonds is 3. The molecule has 0 spiro atoms. The SMILES string of the molecule is CN=CC(=CN)Nc1ncnc(Cl)n1. The van der Waals surface area contributed by atoms with Crippen molar-refractivity contribution in [3.63, 3.8) is 0 Å². The predicted molar refractivity (Wildman–Crippen MR) is 55.1 cm³/mol. The summed E-state index contributed by atoms with van der Waals surface area (Å²) in [4.78, 5) is 15.1. The number of nitrogens with one attached hydrogen (secondary N) is 1.